The van der Waals surface area contributed by atoms with Crippen LogP contribution in [-0.4, -0.2) is 47.0 Å². The van der Waals surface area contributed by atoms with Crippen LogP contribution in [0.4, 0.5) is 29.2 Å². The number of aromatic nitrogens is 2. The third kappa shape index (κ3) is 6.39. The standard InChI is InChI=1S/C30H29F4N5O/c1-19-5-6-21(28(40)37-23-8-9-26(31)25(17-23)30(32,33)34)16-24(19)20-7-10-27-22(15-20)18-36-29(38-27)35-11-14-39-12-3-2-4-13-39/h5-10,15-18H,2-4,11-14H2,1H3,(H,37,40)(H,35,36,38). The number of hydrogen-bond acceptors (Lipinski definition) is 5. The second kappa shape index (κ2) is 11.6. The Labute approximate surface area is 229 Å². The summed E-state index contributed by atoms with van der Waals surface area (Å²) >= 11 is 0. The second-order valence-electron chi connectivity index (χ2n) is 9.97. The average Bonchev–Trinajstić information content (AvgIpc) is 2.94. The Hall–Kier alpha value is -4.05. The first-order valence-electron chi connectivity index (χ1n) is 13.2. The van der Waals surface area contributed by atoms with Crippen LogP contribution in [0.2, 0.25) is 0 Å². The van der Waals surface area contributed by atoms with E-state index in [0.29, 0.717) is 18.1 Å². The summed E-state index contributed by atoms with van der Waals surface area (Å²) in [4.78, 5) is 24.4. The highest BCUT2D eigenvalue weighted by molar-refractivity contribution is 6.05. The SMILES string of the molecule is Cc1ccc(C(=O)Nc2ccc(F)c(C(F)(F)F)c2)cc1-c1ccc2nc(NCCN3CCCCC3)ncc2c1. The molecule has 2 heterocycles. The fraction of sp³-hybridized carbons (Fsp3) is 0.300. The fourth-order valence-corrected chi connectivity index (χ4v) is 4.89. The fourth-order valence-electron chi connectivity index (χ4n) is 4.89. The number of likely N-dealkylation sites (tertiary alicyclic amines) is 1. The van der Waals surface area contributed by atoms with E-state index in [1.54, 1.807) is 24.4 Å². The van der Waals surface area contributed by atoms with Crippen molar-refractivity contribution in [3.8, 4) is 11.1 Å². The summed E-state index contributed by atoms with van der Waals surface area (Å²) in [5.41, 5.74) is 1.99. The van der Waals surface area contributed by atoms with Crippen molar-refractivity contribution in [2.45, 2.75) is 32.4 Å². The summed E-state index contributed by atoms with van der Waals surface area (Å²) in [6.07, 6.45) is 0.690. The van der Waals surface area contributed by atoms with Crippen LogP contribution in [0.1, 0.15) is 40.7 Å². The van der Waals surface area contributed by atoms with E-state index in [0.717, 1.165) is 59.8 Å². The highest BCUT2D eigenvalue weighted by atomic mass is 19.4. The van der Waals surface area contributed by atoms with Crippen LogP contribution < -0.4 is 10.6 Å². The normalized spacial score (nSPS) is 14.3. The molecule has 1 amide bonds. The van der Waals surface area contributed by atoms with Gasteiger partial charge in [0.15, 0.2) is 0 Å². The van der Waals surface area contributed by atoms with E-state index in [4.69, 9.17) is 0 Å². The van der Waals surface area contributed by atoms with Crippen LogP contribution in [0.15, 0.2) is 60.8 Å². The number of carbonyl (C=O) groups is 1. The zero-order chi connectivity index (χ0) is 28.3. The lowest BCUT2D eigenvalue weighted by Gasteiger charge is -2.26. The molecule has 0 atom stereocenters. The molecule has 0 radical (unpaired) electrons. The molecule has 1 aliphatic heterocycles. The van der Waals surface area contributed by atoms with Crippen molar-refractivity contribution in [3.05, 3.63) is 83.3 Å². The molecule has 4 aromatic rings. The second-order valence-corrected chi connectivity index (χ2v) is 9.97. The van der Waals surface area contributed by atoms with Gasteiger partial charge in [0, 0.05) is 35.9 Å². The van der Waals surface area contributed by atoms with E-state index >= 15 is 0 Å². The van der Waals surface area contributed by atoms with Gasteiger partial charge in [-0.3, -0.25) is 4.79 Å². The van der Waals surface area contributed by atoms with Crippen LogP contribution in [0.3, 0.4) is 0 Å². The number of alkyl halides is 3. The monoisotopic (exact) mass is 551 g/mol. The third-order valence-electron chi connectivity index (χ3n) is 7.08. The zero-order valence-corrected chi connectivity index (χ0v) is 22.0. The molecule has 1 fully saturated rings. The Morgan fingerprint density at radius 3 is 2.58 bits per heavy atom. The van der Waals surface area contributed by atoms with Gasteiger partial charge in [-0.05, 0) is 92.0 Å². The largest absolute Gasteiger partial charge is 0.419 e. The lowest BCUT2D eigenvalue weighted by molar-refractivity contribution is -0.139. The molecule has 1 saturated heterocycles. The molecule has 0 aliphatic carbocycles. The van der Waals surface area contributed by atoms with Gasteiger partial charge in [0.1, 0.15) is 5.82 Å². The Bertz CT molecular complexity index is 1530. The number of benzene rings is 3. The van der Waals surface area contributed by atoms with Crippen molar-refractivity contribution < 1.29 is 22.4 Å². The maximum Gasteiger partial charge on any atom is 0.419 e. The first-order valence-corrected chi connectivity index (χ1v) is 13.2. The molecule has 1 aromatic heterocycles. The molecule has 0 spiro atoms. The number of amides is 1. The first kappa shape index (κ1) is 27.5. The number of halogens is 4. The van der Waals surface area contributed by atoms with Crippen LogP contribution in [0.5, 0.6) is 0 Å². The van der Waals surface area contributed by atoms with Crippen molar-refractivity contribution >= 4 is 28.4 Å². The lowest BCUT2D eigenvalue weighted by Crippen LogP contribution is -2.33. The topological polar surface area (TPSA) is 70.2 Å². The van der Waals surface area contributed by atoms with E-state index in [1.165, 1.54) is 19.3 Å². The van der Waals surface area contributed by atoms with E-state index in [9.17, 15) is 22.4 Å². The number of nitrogens with one attached hydrogen (secondary N) is 2. The molecule has 2 N–H and O–H groups in total. The number of anilines is 2. The molecule has 1 aliphatic rings. The first-order chi connectivity index (χ1) is 19.2. The lowest BCUT2D eigenvalue weighted by atomic mass is 9.97. The number of hydrogen-bond donors (Lipinski definition) is 2. The Balaban J connectivity index is 1.31. The molecule has 208 valence electrons. The van der Waals surface area contributed by atoms with Gasteiger partial charge in [0.05, 0.1) is 11.1 Å². The van der Waals surface area contributed by atoms with Gasteiger partial charge in [-0.2, -0.15) is 13.2 Å². The summed E-state index contributed by atoms with van der Waals surface area (Å²) in [5.74, 6) is -1.43. The van der Waals surface area contributed by atoms with Crippen molar-refractivity contribution in [1.29, 1.82) is 0 Å². The molecule has 0 unspecified atom stereocenters. The minimum Gasteiger partial charge on any atom is -0.353 e. The van der Waals surface area contributed by atoms with Crippen molar-refractivity contribution in [2.24, 2.45) is 0 Å². The van der Waals surface area contributed by atoms with Crippen molar-refractivity contribution in [2.75, 3.05) is 36.8 Å². The Kier molecular flexibility index (Phi) is 7.97. The number of nitrogens with zero attached hydrogens (tertiary/aromatic N) is 3. The number of rotatable bonds is 7. The van der Waals surface area contributed by atoms with E-state index < -0.39 is 23.5 Å². The molecular weight excluding hydrogens is 522 g/mol. The predicted octanol–water partition coefficient (Wildman–Crippen LogP) is 6.91. The molecule has 40 heavy (non-hydrogen) atoms. The molecule has 0 bridgehead atoms. The summed E-state index contributed by atoms with van der Waals surface area (Å²) in [5, 5.41) is 6.57. The number of carbonyl (C=O) groups excluding carboxylic acids is 1. The van der Waals surface area contributed by atoms with Gasteiger partial charge in [0.2, 0.25) is 5.95 Å². The maximum absolute atomic E-state index is 13.6. The van der Waals surface area contributed by atoms with Crippen LogP contribution in [-0.2, 0) is 6.18 Å². The Morgan fingerprint density at radius 1 is 1.00 bits per heavy atom. The van der Waals surface area contributed by atoms with Gasteiger partial charge in [-0.25, -0.2) is 14.4 Å². The van der Waals surface area contributed by atoms with Gasteiger partial charge >= 0.3 is 6.18 Å². The molecule has 3 aromatic carbocycles. The summed E-state index contributed by atoms with van der Waals surface area (Å²) in [7, 11) is 0. The van der Waals surface area contributed by atoms with Gasteiger partial charge in [0.25, 0.3) is 5.91 Å². The summed E-state index contributed by atoms with van der Waals surface area (Å²) < 4.78 is 52.8. The predicted molar refractivity (Wildman–Crippen MR) is 148 cm³/mol. The zero-order valence-electron chi connectivity index (χ0n) is 22.0. The molecule has 0 saturated carbocycles. The highest BCUT2D eigenvalue weighted by Crippen LogP contribution is 2.33. The minimum atomic E-state index is -4.87. The van der Waals surface area contributed by atoms with E-state index in [1.807, 2.05) is 25.1 Å². The van der Waals surface area contributed by atoms with Crippen LogP contribution >= 0.6 is 0 Å². The van der Waals surface area contributed by atoms with Gasteiger partial charge < -0.3 is 15.5 Å². The molecule has 6 nitrogen and oxygen atoms in total. The highest BCUT2D eigenvalue weighted by Gasteiger charge is 2.34. The van der Waals surface area contributed by atoms with E-state index in [-0.39, 0.29) is 11.3 Å². The molecular formula is C30H29F4N5O. The summed E-state index contributed by atoms with van der Waals surface area (Å²) in [6, 6.07) is 13.1. The minimum absolute atomic E-state index is 0.149. The van der Waals surface area contributed by atoms with Crippen molar-refractivity contribution in [3.63, 3.8) is 0 Å². The Morgan fingerprint density at radius 2 is 1.80 bits per heavy atom. The summed E-state index contributed by atoms with van der Waals surface area (Å²) in [6.45, 7) is 5.90. The molecule has 10 heteroatoms. The van der Waals surface area contributed by atoms with Gasteiger partial charge in [-0.15, -0.1) is 0 Å². The number of aryl methyl sites for hydroxylation is 1. The number of fused-ring (bicyclic) bond motifs is 1. The average molecular weight is 552 g/mol. The van der Waals surface area contributed by atoms with E-state index in [2.05, 4.69) is 25.5 Å². The number of piperidine rings is 1. The maximum atomic E-state index is 13.6. The quantitative estimate of drug-likeness (QED) is 0.244. The van der Waals surface area contributed by atoms with Crippen LogP contribution in [0.25, 0.3) is 22.0 Å². The third-order valence-corrected chi connectivity index (χ3v) is 7.08. The van der Waals surface area contributed by atoms with Crippen LogP contribution in [0, 0.1) is 12.7 Å². The smallest absolute Gasteiger partial charge is 0.353 e. The van der Waals surface area contributed by atoms with Gasteiger partial charge in [-0.1, -0.05) is 18.6 Å². The molecule has 5 rings (SSSR count). The van der Waals surface area contributed by atoms with Crippen molar-refractivity contribution in [1.82, 2.24) is 14.9 Å².